The van der Waals surface area contributed by atoms with Crippen LogP contribution in [-0.4, -0.2) is 15.0 Å². The molecule has 0 saturated carbocycles. The van der Waals surface area contributed by atoms with E-state index in [1.54, 1.807) is 0 Å². The molecule has 1 N–H and O–H groups in total. The normalized spacial score (nSPS) is 13.2. The molecule has 0 spiro atoms. The van der Waals surface area contributed by atoms with Gasteiger partial charge in [0.2, 0.25) is 0 Å². The van der Waals surface area contributed by atoms with Gasteiger partial charge in [0.1, 0.15) is 11.3 Å². The van der Waals surface area contributed by atoms with Crippen molar-refractivity contribution in [3.63, 3.8) is 0 Å². The van der Waals surface area contributed by atoms with Gasteiger partial charge in [-0.15, -0.1) is 0 Å². The highest BCUT2D eigenvalue weighted by atomic mass is 16.3. The van der Waals surface area contributed by atoms with E-state index in [1.165, 1.54) is 11.1 Å². The number of aromatic nitrogens is 3. The number of aromatic amines is 1. The van der Waals surface area contributed by atoms with Crippen molar-refractivity contribution in [2.24, 2.45) is 0 Å². The van der Waals surface area contributed by atoms with Gasteiger partial charge in [-0.3, -0.25) is 9.97 Å². The summed E-state index contributed by atoms with van der Waals surface area (Å²) in [6.45, 7) is 6.53. The van der Waals surface area contributed by atoms with Gasteiger partial charge < -0.3 is 9.40 Å². The minimum Gasteiger partial charge on any atom is -0.459 e. The van der Waals surface area contributed by atoms with Crippen LogP contribution in [0.2, 0.25) is 0 Å². The summed E-state index contributed by atoms with van der Waals surface area (Å²) in [4.78, 5) is 12.3. The van der Waals surface area contributed by atoms with Crippen LogP contribution in [0.15, 0.2) is 47.3 Å². The zero-order valence-corrected chi connectivity index (χ0v) is 14.2. The molecule has 4 aromatic heterocycles. The molecule has 4 heteroatoms. The standard InChI is InChI=1S/C20H21N3O/c1-12(2)14-8-20-19(23-10-14)9-16(24-20)6-13(3)15-7-18-17(22-11-15)4-5-21-18/h4-5,7-13,21H,6H2,1-3H3. The van der Waals surface area contributed by atoms with E-state index in [-0.39, 0.29) is 0 Å². The predicted molar refractivity (Wildman–Crippen MR) is 96.3 cm³/mol. The van der Waals surface area contributed by atoms with Crippen molar-refractivity contribution in [1.29, 1.82) is 0 Å². The summed E-state index contributed by atoms with van der Waals surface area (Å²) in [7, 11) is 0. The third-order valence-corrected chi connectivity index (χ3v) is 4.60. The topological polar surface area (TPSA) is 54.7 Å². The van der Waals surface area contributed by atoms with E-state index in [4.69, 9.17) is 4.42 Å². The van der Waals surface area contributed by atoms with E-state index in [0.29, 0.717) is 11.8 Å². The van der Waals surface area contributed by atoms with Crippen molar-refractivity contribution in [2.75, 3.05) is 0 Å². The summed E-state index contributed by atoms with van der Waals surface area (Å²) in [6.07, 6.45) is 6.65. The number of hydrogen-bond donors (Lipinski definition) is 1. The van der Waals surface area contributed by atoms with Crippen LogP contribution in [0.1, 0.15) is 49.5 Å². The maximum atomic E-state index is 6.03. The molecule has 0 aliphatic rings. The van der Waals surface area contributed by atoms with Crippen LogP contribution in [0.25, 0.3) is 22.1 Å². The summed E-state index contributed by atoms with van der Waals surface area (Å²) in [6, 6.07) is 8.32. The lowest BCUT2D eigenvalue weighted by Crippen LogP contribution is -1.98. The van der Waals surface area contributed by atoms with Crippen LogP contribution in [-0.2, 0) is 6.42 Å². The SMILES string of the molecule is CC(C)c1cnc2cc(CC(C)c3cnc4cc[nH]c4c3)oc2c1. The first kappa shape index (κ1) is 14.9. The zero-order chi connectivity index (χ0) is 16.7. The second-order valence-corrected chi connectivity index (χ2v) is 6.80. The van der Waals surface area contributed by atoms with Gasteiger partial charge in [-0.25, -0.2) is 0 Å². The number of hydrogen-bond acceptors (Lipinski definition) is 3. The molecule has 4 nitrogen and oxygen atoms in total. The van der Waals surface area contributed by atoms with Gasteiger partial charge in [0.05, 0.1) is 11.0 Å². The molecule has 1 atom stereocenters. The molecular weight excluding hydrogens is 298 g/mol. The number of rotatable bonds is 4. The molecule has 24 heavy (non-hydrogen) atoms. The largest absolute Gasteiger partial charge is 0.459 e. The van der Waals surface area contributed by atoms with Gasteiger partial charge in [0, 0.05) is 31.1 Å². The summed E-state index contributed by atoms with van der Waals surface area (Å²) >= 11 is 0. The highest BCUT2D eigenvalue weighted by molar-refractivity contribution is 5.75. The average molecular weight is 319 g/mol. The molecule has 0 saturated heterocycles. The fraction of sp³-hybridized carbons (Fsp3) is 0.300. The number of nitrogens with one attached hydrogen (secondary N) is 1. The summed E-state index contributed by atoms with van der Waals surface area (Å²) < 4.78 is 6.03. The molecule has 4 aromatic rings. The monoisotopic (exact) mass is 319 g/mol. The van der Waals surface area contributed by atoms with E-state index < -0.39 is 0 Å². The van der Waals surface area contributed by atoms with Crippen molar-refractivity contribution >= 4 is 22.1 Å². The van der Waals surface area contributed by atoms with E-state index in [1.807, 2.05) is 24.7 Å². The van der Waals surface area contributed by atoms with Gasteiger partial charge >= 0.3 is 0 Å². The number of H-pyrrole nitrogens is 1. The van der Waals surface area contributed by atoms with Crippen molar-refractivity contribution in [1.82, 2.24) is 15.0 Å². The first-order valence-corrected chi connectivity index (χ1v) is 8.41. The molecule has 0 amide bonds. The molecular formula is C20H21N3O. The van der Waals surface area contributed by atoms with Gasteiger partial charge in [-0.2, -0.15) is 0 Å². The number of fused-ring (bicyclic) bond motifs is 2. The Morgan fingerprint density at radius 2 is 1.79 bits per heavy atom. The Labute approximate surface area is 140 Å². The molecule has 1 unspecified atom stereocenters. The Morgan fingerprint density at radius 3 is 2.62 bits per heavy atom. The average Bonchev–Trinajstić information content (AvgIpc) is 3.18. The quantitative estimate of drug-likeness (QED) is 0.564. The number of pyridine rings is 2. The van der Waals surface area contributed by atoms with Crippen LogP contribution in [0, 0.1) is 0 Å². The van der Waals surface area contributed by atoms with Crippen LogP contribution in [0.4, 0.5) is 0 Å². The maximum Gasteiger partial charge on any atom is 0.152 e. The molecule has 0 bridgehead atoms. The number of nitrogens with zero attached hydrogens (tertiary/aromatic N) is 2. The van der Waals surface area contributed by atoms with Gasteiger partial charge in [-0.1, -0.05) is 20.8 Å². The van der Waals surface area contributed by atoms with E-state index >= 15 is 0 Å². The van der Waals surface area contributed by atoms with Crippen molar-refractivity contribution < 1.29 is 4.42 Å². The van der Waals surface area contributed by atoms with Gasteiger partial charge in [0.15, 0.2) is 5.58 Å². The molecule has 0 radical (unpaired) electrons. The summed E-state index contributed by atoms with van der Waals surface area (Å²) in [5.74, 6) is 1.75. The predicted octanol–water partition coefficient (Wildman–Crippen LogP) is 5.17. The Hall–Kier alpha value is -2.62. The third kappa shape index (κ3) is 2.68. The molecule has 0 aliphatic heterocycles. The summed E-state index contributed by atoms with van der Waals surface area (Å²) in [5.41, 5.74) is 6.30. The minimum atomic E-state index is 0.329. The van der Waals surface area contributed by atoms with E-state index in [2.05, 4.69) is 53.9 Å². The van der Waals surface area contributed by atoms with Gasteiger partial charge in [0.25, 0.3) is 0 Å². The lowest BCUT2D eigenvalue weighted by Gasteiger charge is -2.09. The highest BCUT2D eigenvalue weighted by Gasteiger charge is 2.13. The first-order chi connectivity index (χ1) is 11.6. The zero-order valence-electron chi connectivity index (χ0n) is 14.2. The third-order valence-electron chi connectivity index (χ3n) is 4.60. The summed E-state index contributed by atoms with van der Waals surface area (Å²) in [5, 5.41) is 0. The Morgan fingerprint density at radius 1 is 1.00 bits per heavy atom. The van der Waals surface area contributed by atoms with Crippen LogP contribution in [0.3, 0.4) is 0 Å². The van der Waals surface area contributed by atoms with E-state index in [0.717, 1.165) is 34.3 Å². The molecule has 4 heterocycles. The van der Waals surface area contributed by atoms with Crippen molar-refractivity contribution in [3.8, 4) is 0 Å². The molecule has 0 fully saturated rings. The lowest BCUT2D eigenvalue weighted by atomic mass is 9.98. The molecule has 122 valence electrons. The van der Waals surface area contributed by atoms with Crippen LogP contribution in [0.5, 0.6) is 0 Å². The number of furan rings is 1. The lowest BCUT2D eigenvalue weighted by molar-refractivity contribution is 0.526. The van der Waals surface area contributed by atoms with Crippen LogP contribution >= 0.6 is 0 Å². The van der Waals surface area contributed by atoms with E-state index in [9.17, 15) is 0 Å². The Balaban J connectivity index is 1.60. The Kier molecular flexibility index (Phi) is 3.60. The second kappa shape index (κ2) is 5.78. The van der Waals surface area contributed by atoms with Crippen molar-refractivity contribution in [2.45, 2.75) is 39.0 Å². The Bertz CT molecular complexity index is 996. The molecule has 4 rings (SSSR count). The fourth-order valence-corrected chi connectivity index (χ4v) is 3.04. The second-order valence-electron chi connectivity index (χ2n) is 6.80. The van der Waals surface area contributed by atoms with Crippen LogP contribution < -0.4 is 0 Å². The molecule has 0 aromatic carbocycles. The fourth-order valence-electron chi connectivity index (χ4n) is 3.04. The first-order valence-electron chi connectivity index (χ1n) is 8.41. The smallest absolute Gasteiger partial charge is 0.152 e. The molecule has 0 aliphatic carbocycles. The highest BCUT2D eigenvalue weighted by Crippen LogP contribution is 2.27. The van der Waals surface area contributed by atoms with Gasteiger partial charge in [-0.05, 0) is 41.2 Å². The van der Waals surface area contributed by atoms with Crippen molar-refractivity contribution in [3.05, 3.63) is 59.7 Å². The minimum absolute atomic E-state index is 0.329. The maximum absolute atomic E-state index is 6.03.